The Labute approximate surface area is 112 Å². The van der Waals surface area contributed by atoms with E-state index in [0.717, 1.165) is 5.56 Å². The van der Waals surface area contributed by atoms with Crippen molar-refractivity contribution in [2.45, 2.75) is 19.2 Å². The van der Waals surface area contributed by atoms with Crippen LogP contribution in [0.5, 0.6) is 5.75 Å². The highest BCUT2D eigenvalue weighted by Gasteiger charge is 2.24. The number of hydrogen-bond donors (Lipinski definition) is 0. The number of benzene rings is 1. The van der Waals surface area contributed by atoms with Gasteiger partial charge in [-0.3, -0.25) is 9.69 Å². The zero-order valence-corrected chi connectivity index (χ0v) is 11.8. The number of hydrogen-bond acceptors (Lipinski definition) is 3. The Balaban J connectivity index is 3.24. The molecule has 100 valence electrons. The summed E-state index contributed by atoms with van der Waals surface area (Å²) in [6.07, 6.45) is 0. The maximum Gasteiger partial charge on any atom is 0.246 e. The lowest BCUT2D eigenvalue weighted by atomic mass is 10.1. The summed E-state index contributed by atoms with van der Waals surface area (Å²) in [4.78, 5) is 13.6. The molecule has 0 saturated heterocycles. The van der Waals surface area contributed by atoms with Crippen LogP contribution in [0.15, 0.2) is 18.2 Å². The van der Waals surface area contributed by atoms with Gasteiger partial charge in [0.25, 0.3) is 0 Å². The molecule has 0 aliphatic rings. The summed E-state index contributed by atoms with van der Waals surface area (Å²) >= 11 is 5.87. The number of anilines is 1. The quantitative estimate of drug-likeness (QED) is 0.610. The first-order valence-electron chi connectivity index (χ1n) is 5.61. The highest BCUT2D eigenvalue weighted by atomic mass is 35.5. The van der Waals surface area contributed by atoms with E-state index in [1.165, 1.54) is 12.0 Å². The third kappa shape index (κ3) is 3.15. The van der Waals surface area contributed by atoms with Gasteiger partial charge in [-0.2, -0.15) is 0 Å². The first-order chi connectivity index (χ1) is 8.52. The number of para-hydroxylation sites is 1. The number of alkyl halides is 1. The van der Waals surface area contributed by atoms with E-state index < -0.39 is 5.38 Å². The largest absolute Gasteiger partial charge is 0.495 e. The molecule has 4 nitrogen and oxygen atoms in total. The molecule has 18 heavy (non-hydrogen) atoms. The van der Waals surface area contributed by atoms with E-state index in [-0.39, 0.29) is 12.6 Å². The van der Waals surface area contributed by atoms with E-state index in [2.05, 4.69) is 0 Å². The molecule has 1 amide bonds. The highest BCUT2D eigenvalue weighted by Crippen LogP contribution is 2.32. The van der Waals surface area contributed by atoms with Crippen molar-refractivity contribution >= 4 is 23.2 Å². The van der Waals surface area contributed by atoms with E-state index >= 15 is 0 Å². The summed E-state index contributed by atoms with van der Waals surface area (Å²) in [5, 5.41) is -0.621. The number of methoxy groups -OCH3 is 2. The summed E-state index contributed by atoms with van der Waals surface area (Å²) < 4.78 is 10.4. The van der Waals surface area contributed by atoms with Crippen molar-refractivity contribution in [2.75, 3.05) is 25.9 Å². The van der Waals surface area contributed by atoms with Crippen LogP contribution in [-0.4, -0.2) is 32.2 Å². The zero-order valence-electron chi connectivity index (χ0n) is 11.1. The fraction of sp³-hybridized carbons (Fsp3) is 0.462. The van der Waals surface area contributed by atoms with E-state index in [9.17, 15) is 4.79 Å². The van der Waals surface area contributed by atoms with Crippen LogP contribution in [0, 0.1) is 6.92 Å². The number of ether oxygens (including phenoxy) is 2. The summed E-state index contributed by atoms with van der Waals surface area (Å²) in [5.41, 5.74) is 1.62. The number of aryl methyl sites for hydroxylation is 1. The van der Waals surface area contributed by atoms with Gasteiger partial charge in [0.1, 0.15) is 17.9 Å². The molecule has 5 heteroatoms. The van der Waals surface area contributed by atoms with Crippen LogP contribution in [0.1, 0.15) is 12.5 Å². The van der Waals surface area contributed by atoms with Gasteiger partial charge < -0.3 is 9.47 Å². The van der Waals surface area contributed by atoms with Crippen LogP contribution >= 0.6 is 11.6 Å². The lowest BCUT2D eigenvalue weighted by molar-refractivity contribution is -0.119. The molecule has 1 aromatic carbocycles. The van der Waals surface area contributed by atoms with Gasteiger partial charge in [-0.15, -0.1) is 11.6 Å². The topological polar surface area (TPSA) is 38.8 Å². The highest BCUT2D eigenvalue weighted by molar-refractivity contribution is 6.32. The van der Waals surface area contributed by atoms with Gasteiger partial charge in [0, 0.05) is 7.11 Å². The Bertz CT molecular complexity index is 421. The summed E-state index contributed by atoms with van der Waals surface area (Å²) in [7, 11) is 3.10. The first-order valence-corrected chi connectivity index (χ1v) is 6.04. The van der Waals surface area contributed by atoms with Gasteiger partial charge in [0.2, 0.25) is 5.91 Å². The molecule has 0 aromatic heterocycles. The molecular weight excluding hydrogens is 254 g/mol. The third-order valence-electron chi connectivity index (χ3n) is 2.56. The second-order valence-electron chi connectivity index (χ2n) is 3.93. The zero-order chi connectivity index (χ0) is 13.7. The van der Waals surface area contributed by atoms with Crippen LogP contribution in [-0.2, 0) is 9.53 Å². The van der Waals surface area contributed by atoms with E-state index in [0.29, 0.717) is 11.4 Å². The Morgan fingerprint density at radius 2 is 2.11 bits per heavy atom. The summed E-state index contributed by atoms with van der Waals surface area (Å²) in [6, 6.07) is 5.58. The number of carbonyl (C=O) groups excluding carboxylic acids is 1. The maximum atomic E-state index is 12.1. The molecule has 0 aliphatic carbocycles. The molecular formula is C13H18ClNO3. The van der Waals surface area contributed by atoms with Crippen molar-refractivity contribution in [3.05, 3.63) is 23.8 Å². The average Bonchev–Trinajstić information content (AvgIpc) is 2.35. The van der Waals surface area contributed by atoms with Crippen LogP contribution in [0.3, 0.4) is 0 Å². The molecule has 0 saturated carbocycles. The third-order valence-corrected chi connectivity index (χ3v) is 2.74. The fourth-order valence-corrected chi connectivity index (χ4v) is 1.84. The van der Waals surface area contributed by atoms with Crippen molar-refractivity contribution in [1.82, 2.24) is 0 Å². The number of amides is 1. The fourth-order valence-electron chi connectivity index (χ4n) is 1.72. The minimum atomic E-state index is -0.621. The second kappa shape index (κ2) is 6.61. The lowest BCUT2D eigenvalue weighted by Crippen LogP contribution is -2.38. The second-order valence-corrected chi connectivity index (χ2v) is 4.58. The molecule has 0 spiro atoms. The SMILES string of the molecule is COCN(C(=O)C(C)Cl)c1c(C)cccc1OC. The number of halogens is 1. The number of nitrogens with zero attached hydrogens (tertiary/aromatic N) is 1. The minimum Gasteiger partial charge on any atom is -0.495 e. The first kappa shape index (κ1) is 14.8. The van der Waals surface area contributed by atoms with Crippen LogP contribution in [0.4, 0.5) is 5.69 Å². The van der Waals surface area contributed by atoms with Gasteiger partial charge >= 0.3 is 0 Å². The molecule has 0 heterocycles. The molecule has 0 aliphatic heterocycles. The van der Waals surface area contributed by atoms with E-state index in [4.69, 9.17) is 21.1 Å². The van der Waals surface area contributed by atoms with Gasteiger partial charge in [-0.25, -0.2) is 0 Å². The Kier molecular flexibility index (Phi) is 5.44. The predicted molar refractivity (Wildman–Crippen MR) is 72.4 cm³/mol. The predicted octanol–water partition coefficient (Wildman–Crippen LogP) is 2.57. The molecule has 1 unspecified atom stereocenters. The number of rotatable bonds is 5. The molecule has 1 atom stereocenters. The minimum absolute atomic E-state index is 0.136. The Morgan fingerprint density at radius 3 is 2.61 bits per heavy atom. The van der Waals surface area contributed by atoms with Crippen LogP contribution in [0.2, 0.25) is 0 Å². The van der Waals surface area contributed by atoms with Gasteiger partial charge in [0.05, 0.1) is 12.8 Å². The summed E-state index contributed by atoms with van der Waals surface area (Å²) in [5.74, 6) is 0.406. The monoisotopic (exact) mass is 271 g/mol. The molecule has 1 aromatic rings. The van der Waals surface area contributed by atoms with Crippen LogP contribution < -0.4 is 9.64 Å². The Morgan fingerprint density at radius 1 is 1.44 bits per heavy atom. The molecule has 0 N–H and O–H groups in total. The Hall–Kier alpha value is -1.26. The molecule has 0 bridgehead atoms. The van der Waals surface area contributed by atoms with Crippen molar-refractivity contribution in [3.8, 4) is 5.75 Å². The van der Waals surface area contributed by atoms with Gasteiger partial charge in [0.15, 0.2) is 0 Å². The van der Waals surface area contributed by atoms with Crippen molar-refractivity contribution in [3.63, 3.8) is 0 Å². The standard InChI is InChI=1S/C13H18ClNO3/c1-9-6-5-7-11(18-4)12(9)15(8-17-3)13(16)10(2)14/h5-7,10H,8H2,1-4H3. The molecule has 1 rings (SSSR count). The molecule has 0 radical (unpaired) electrons. The smallest absolute Gasteiger partial charge is 0.246 e. The number of carbonyl (C=O) groups is 1. The maximum absolute atomic E-state index is 12.1. The summed E-state index contributed by atoms with van der Waals surface area (Å²) in [6.45, 7) is 3.68. The van der Waals surface area contributed by atoms with Crippen LogP contribution in [0.25, 0.3) is 0 Å². The lowest BCUT2D eigenvalue weighted by Gasteiger charge is -2.26. The van der Waals surface area contributed by atoms with E-state index in [1.807, 2.05) is 19.1 Å². The van der Waals surface area contributed by atoms with Gasteiger partial charge in [-0.1, -0.05) is 12.1 Å². The van der Waals surface area contributed by atoms with Gasteiger partial charge in [-0.05, 0) is 25.5 Å². The average molecular weight is 272 g/mol. The molecule has 0 fully saturated rings. The van der Waals surface area contributed by atoms with E-state index in [1.54, 1.807) is 20.1 Å². The van der Waals surface area contributed by atoms with Crippen molar-refractivity contribution in [2.24, 2.45) is 0 Å². The van der Waals surface area contributed by atoms with Crippen molar-refractivity contribution in [1.29, 1.82) is 0 Å². The van der Waals surface area contributed by atoms with Crippen molar-refractivity contribution < 1.29 is 14.3 Å². The normalized spacial score (nSPS) is 12.1.